The van der Waals surface area contributed by atoms with E-state index in [1.807, 2.05) is 42.5 Å². The lowest BCUT2D eigenvalue weighted by Crippen LogP contribution is -2.18. The van der Waals surface area contributed by atoms with Crippen LogP contribution in [0, 0.1) is 0 Å². The maximum atomic E-state index is 12.8. The molecule has 194 valence electrons. The Hall–Kier alpha value is -4.32. The van der Waals surface area contributed by atoms with Gasteiger partial charge in [-0.2, -0.15) is 5.10 Å². The van der Waals surface area contributed by atoms with Gasteiger partial charge in [0, 0.05) is 15.6 Å². The Bertz CT molecular complexity index is 1650. The average molecular weight is 555 g/mol. The van der Waals surface area contributed by atoms with Gasteiger partial charge < -0.3 is 9.47 Å². The van der Waals surface area contributed by atoms with Gasteiger partial charge in [0.05, 0.1) is 11.8 Å². The van der Waals surface area contributed by atoms with Gasteiger partial charge in [0.15, 0.2) is 0 Å². The number of para-hydroxylation sites is 1. The van der Waals surface area contributed by atoms with Gasteiger partial charge in [-0.05, 0) is 58.3 Å². The Morgan fingerprint density at radius 1 is 0.769 bits per heavy atom. The lowest BCUT2D eigenvalue weighted by atomic mass is 10.1. The molecule has 0 radical (unpaired) electrons. The topological polar surface area (TPSA) is 59.9 Å². The molecule has 0 aliphatic heterocycles. The third kappa shape index (κ3) is 6.77. The Balaban J connectivity index is 1.20. The van der Waals surface area contributed by atoms with Gasteiger partial charge in [0.2, 0.25) is 0 Å². The standard InChI is InChI=1S/C32H24Cl2N2O3/c33-26-16-15-25(30(34)18-26)21-39-31-14-4-3-13-29(31)32(37)36-35-19-22-7-5-11-27(17-22)38-20-24-10-6-9-23-8-1-2-12-28(23)24/h1-19H,20-21H2,(H,36,37)/b35-19+. The Morgan fingerprint density at radius 2 is 1.54 bits per heavy atom. The van der Waals surface area contributed by atoms with E-state index in [9.17, 15) is 4.79 Å². The van der Waals surface area contributed by atoms with Crippen molar-refractivity contribution in [1.29, 1.82) is 0 Å². The molecule has 39 heavy (non-hydrogen) atoms. The van der Waals surface area contributed by atoms with Crippen LogP contribution in [0.3, 0.4) is 0 Å². The fraction of sp³-hybridized carbons (Fsp3) is 0.0625. The predicted molar refractivity (Wildman–Crippen MR) is 157 cm³/mol. The van der Waals surface area contributed by atoms with Crippen molar-refractivity contribution in [3.05, 3.63) is 141 Å². The highest BCUT2D eigenvalue weighted by atomic mass is 35.5. The van der Waals surface area contributed by atoms with Crippen LogP contribution in [-0.2, 0) is 13.2 Å². The molecule has 0 unspecified atom stereocenters. The van der Waals surface area contributed by atoms with E-state index in [4.69, 9.17) is 32.7 Å². The number of carbonyl (C=O) groups excluding carboxylic acids is 1. The van der Waals surface area contributed by atoms with Gasteiger partial charge in [-0.15, -0.1) is 0 Å². The molecular weight excluding hydrogens is 531 g/mol. The van der Waals surface area contributed by atoms with Crippen molar-refractivity contribution in [2.24, 2.45) is 5.10 Å². The summed E-state index contributed by atoms with van der Waals surface area (Å²) in [6.45, 7) is 0.631. The molecule has 0 saturated heterocycles. The lowest BCUT2D eigenvalue weighted by molar-refractivity contribution is 0.0950. The molecule has 5 aromatic carbocycles. The van der Waals surface area contributed by atoms with Crippen LogP contribution in [0.4, 0.5) is 0 Å². The molecule has 0 heterocycles. The minimum atomic E-state index is -0.396. The number of amides is 1. The smallest absolute Gasteiger partial charge is 0.275 e. The van der Waals surface area contributed by atoms with Gasteiger partial charge in [0.1, 0.15) is 24.7 Å². The van der Waals surface area contributed by atoms with Crippen molar-refractivity contribution in [2.75, 3.05) is 0 Å². The third-order valence-corrected chi connectivity index (χ3v) is 6.63. The van der Waals surface area contributed by atoms with Gasteiger partial charge in [0.25, 0.3) is 5.91 Å². The largest absolute Gasteiger partial charge is 0.489 e. The van der Waals surface area contributed by atoms with Crippen molar-refractivity contribution < 1.29 is 14.3 Å². The molecule has 5 rings (SSSR count). The fourth-order valence-electron chi connectivity index (χ4n) is 4.06. The number of carbonyl (C=O) groups is 1. The normalized spacial score (nSPS) is 11.0. The van der Waals surface area contributed by atoms with Crippen LogP contribution < -0.4 is 14.9 Å². The summed E-state index contributed by atoms with van der Waals surface area (Å²) in [4.78, 5) is 12.8. The number of hydrogen-bond donors (Lipinski definition) is 1. The van der Waals surface area contributed by atoms with Crippen LogP contribution in [0.5, 0.6) is 11.5 Å². The van der Waals surface area contributed by atoms with E-state index in [1.165, 1.54) is 10.8 Å². The summed E-state index contributed by atoms with van der Waals surface area (Å²) in [6.07, 6.45) is 1.57. The van der Waals surface area contributed by atoms with Crippen molar-refractivity contribution in [1.82, 2.24) is 5.43 Å². The van der Waals surface area contributed by atoms with Crippen LogP contribution in [-0.4, -0.2) is 12.1 Å². The van der Waals surface area contributed by atoms with Gasteiger partial charge >= 0.3 is 0 Å². The zero-order chi connectivity index (χ0) is 27.0. The number of fused-ring (bicyclic) bond motifs is 1. The molecule has 0 saturated carbocycles. The first-order valence-electron chi connectivity index (χ1n) is 12.3. The second kappa shape index (κ2) is 12.5. The average Bonchev–Trinajstić information content (AvgIpc) is 2.96. The van der Waals surface area contributed by atoms with Crippen LogP contribution in [0.1, 0.15) is 27.0 Å². The number of hydrogen-bond acceptors (Lipinski definition) is 4. The van der Waals surface area contributed by atoms with Crippen LogP contribution >= 0.6 is 23.2 Å². The number of nitrogens with one attached hydrogen (secondary N) is 1. The summed E-state index contributed by atoms with van der Waals surface area (Å²) in [7, 11) is 0. The molecule has 0 aliphatic rings. The third-order valence-electron chi connectivity index (χ3n) is 6.04. The number of rotatable bonds is 9. The molecule has 1 N–H and O–H groups in total. The number of ether oxygens (including phenoxy) is 2. The number of benzene rings is 5. The van der Waals surface area contributed by atoms with E-state index in [0.29, 0.717) is 33.7 Å². The predicted octanol–water partition coefficient (Wildman–Crippen LogP) is 8.07. The highest BCUT2D eigenvalue weighted by Gasteiger charge is 2.12. The highest BCUT2D eigenvalue weighted by Crippen LogP contribution is 2.25. The quantitative estimate of drug-likeness (QED) is 0.148. The summed E-state index contributed by atoms with van der Waals surface area (Å²) in [5.41, 5.74) is 5.58. The van der Waals surface area contributed by atoms with Crippen molar-refractivity contribution in [3.8, 4) is 11.5 Å². The van der Waals surface area contributed by atoms with Crippen molar-refractivity contribution >= 4 is 46.1 Å². The number of hydrazone groups is 1. The molecule has 0 bridgehead atoms. The molecule has 5 aromatic rings. The first kappa shape index (κ1) is 26.3. The van der Waals surface area contributed by atoms with Crippen LogP contribution in [0.15, 0.2) is 114 Å². The second-order valence-electron chi connectivity index (χ2n) is 8.72. The molecule has 0 atom stereocenters. The van der Waals surface area contributed by atoms with E-state index < -0.39 is 5.91 Å². The minimum Gasteiger partial charge on any atom is -0.489 e. The van der Waals surface area contributed by atoms with Gasteiger partial charge in [-0.25, -0.2) is 5.43 Å². The van der Waals surface area contributed by atoms with Gasteiger partial charge in [-0.3, -0.25) is 4.79 Å². The molecule has 0 aromatic heterocycles. The van der Waals surface area contributed by atoms with Crippen LogP contribution in [0.2, 0.25) is 10.0 Å². The molecule has 0 spiro atoms. The molecule has 0 fully saturated rings. The van der Waals surface area contributed by atoms with E-state index in [1.54, 1.807) is 48.7 Å². The van der Waals surface area contributed by atoms with E-state index >= 15 is 0 Å². The van der Waals surface area contributed by atoms with E-state index in [2.05, 4.69) is 34.8 Å². The fourth-order valence-corrected chi connectivity index (χ4v) is 4.53. The summed E-state index contributed by atoms with van der Waals surface area (Å²) in [5, 5.41) is 7.52. The van der Waals surface area contributed by atoms with Crippen molar-refractivity contribution in [3.63, 3.8) is 0 Å². The van der Waals surface area contributed by atoms with Crippen LogP contribution in [0.25, 0.3) is 10.8 Å². The molecule has 0 aliphatic carbocycles. The Kier molecular flexibility index (Phi) is 8.42. The minimum absolute atomic E-state index is 0.190. The monoisotopic (exact) mass is 554 g/mol. The summed E-state index contributed by atoms with van der Waals surface area (Å²) in [5.74, 6) is 0.727. The number of halogens is 2. The first-order chi connectivity index (χ1) is 19.1. The summed E-state index contributed by atoms with van der Waals surface area (Å²) in [6, 6.07) is 34.1. The lowest BCUT2D eigenvalue weighted by Gasteiger charge is -2.11. The first-order valence-corrected chi connectivity index (χ1v) is 13.0. The molecule has 7 heteroatoms. The molecule has 1 amide bonds. The SMILES string of the molecule is O=C(N/N=C/c1cccc(OCc2cccc3ccccc23)c1)c1ccccc1OCc1ccc(Cl)cc1Cl. The summed E-state index contributed by atoms with van der Waals surface area (Å²) < 4.78 is 11.9. The van der Waals surface area contributed by atoms with E-state index in [-0.39, 0.29) is 6.61 Å². The second-order valence-corrected chi connectivity index (χ2v) is 9.56. The molecular formula is C32H24Cl2N2O3. The Morgan fingerprint density at radius 3 is 2.44 bits per heavy atom. The number of nitrogens with zero attached hydrogens (tertiary/aromatic N) is 1. The van der Waals surface area contributed by atoms with E-state index in [0.717, 1.165) is 16.7 Å². The zero-order valence-corrected chi connectivity index (χ0v) is 22.3. The summed E-state index contributed by atoms with van der Waals surface area (Å²) >= 11 is 12.2. The maximum absolute atomic E-state index is 12.8. The highest BCUT2D eigenvalue weighted by molar-refractivity contribution is 6.35. The zero-order valence-electron chi connectivity index (χ0n) is 20.8. The molecule has 5 nitrogen and oxygen atoms in total. The Labute approximate surface area is 236 Å². The van der Waals surface area contributed by atoms with Gasteiger partial charge in [-0.1, -0.05) is 96.0 Å². The van der Waals surface area contributed by atoms with Crippen molar-refractivity contribution in [2.45, 2.75) is 13.2 Å². The maximum Gasteiger partial charge on any atom is 0.275 e.